The van der Waals surface area contributed by atoms with Crippen LogP contribution in [0.1, 0.15) is 10.4 Å². The minimum atomic E-state index is -0.710. The van der Waals surface area contributed by atoms with Gasteiger partial charge in [0.1, 0.15) is 28.6 Å². The Kier molecular flexibility index (Phi) is 6.87. The molecule has 0 aliphatic carbocycles. The smallest absolute Gasteiger partial charge is 0.342 e. The monoisotopic (exact) mass is 375 g/mol. The van der Waals surface area contributed by atoms with E-state index in [1.807, 2.05) is 0 Å². The molecule has 0 saturated carbocycles. The van der Waals surface area contributed by atoms with Gasteiger partial charge in [0.15, 0.2) is 6.61 Å². The van der Waals surface area contributed by atoms with Gasteiger partial charge in [0.25, 0.3) is 5.91 Å². The van der Waals surface area contributed by atoms with Crippen LogP contribution in [0.2, 0.25) is 0 Å². The van der Waals surface area contributed by atoms with Crippen LogP contribution in [0, 0.1) is 0 Å². The van der Waals surface area contributed by atoms with Crippen molar-refractivity contribution in [3.05, 3.63) is 42.0 Å². The highest BCUT2D eigenvalue weighted by Crippen LogP contribution is 2.29. The first-order valence-corrected chi connectivity index (χ1v) is 7.93. The fourth-order valence-electron chi connectivity index (χ4n) is 2.28. The molecule has 0 unspecified atom stereocenters. The van der Waals surface area contributed by atoms with E-state index in [1.54, 1.807) is 30.3 Å². The molecule has 2 aromatic rings. The first-order valence-electron chi connectivity index (χ1n) is 7.93. The number of methoxy groups -OCH3 is 4. The first kappa shape index (κ1) is 19.9. The number of hydrogen-bond acceptors (Lipinski definition) is 7. The van der Waals surface area contributed by atoms with Crippen LogP contribution in [-0.2, 0) is 9.53 Å². The Morgan fingerprint density at radius 3 is 2.00 bits per heavy atom. The average Bonchev–Trinajstić information content (AvgIpc) is 2.71. The molecule has 8 nitrogen and oxygen atoms in total. The van der Waals surface area contributed by atoms with Gasteiger partial charge in [0.2, 0.25) is 0 Å². The molecule has 8 heteroatoms. The molecule has 1 N–H and O–H groups in total. The molecule has 0 saturated heterocycles. The van der Waals surface area contributed by atoms with Crippen molar-refractivity contribution < 1.29 is 33.3 Å². The Morgan fingerprint density at radius 2 is 1.41 bits per heavy atom. The van der Waals surface area contributed by atoms with Gasteiger partial charge in [-0.25, -0.2) is 4.79 Å². The third-order valence-corrected chi connectivity index (χ3v) is 3.64. The number of rotatable bonds is 8. The van der Waals surface area contributed by atoms with Crippen molar-refractivity contribution in [2.45, 2.75) is 0 Å². The molecule has 0 bridgehead atoms. The Morgan fingerprint density at radius 1 is 0.815 bits per heavy atom. The number of carbonyl (C=O) groups excluding carboxylic acids is 2. The predicted octanol–water partition coefficient (Wildman–Crippen LogP) is 2.52. The Labute approximate surface area is 156 Å². The molecule has 1 amide bonds. The van der Waals surface area contributed by atoms with Crippen LogP contribution < -0.4 is 24.3 Å². The van der Waals surface area contributed by atoms with Gasteiger partial charge in [-0.05, 0) is 30.3 Å². The van der Waals surface area contributed by atoms with Crippen molar-refractivity contribution in [3.63, 3.8) is 0 Å². The Balaban J connectivity index is 2.05. The number of esters is 1. The van der Waals surface area contributed by atoms with E-state index in [-0.39, 0.29) is 5.56 Å². The molecule has 144 valence electrons. The highest BCUT2D eigenvalue weighted by Gasteiger charge is 2.17. The quantitative estimate of drug-likeness (QED) is 0.709. The maximum atomic E-state index is 12.3. The summed E-state index contributed by atoms with van der Waals surface area (Å²) in [5.41, 5.74) is 0.556. The summed E-state index contributed by atoms with van der Waals surface area (Å²) in [6, 6.07) is 9.66. The van der Waals surface area contributed by atoms with Crippen LogP contribution in [0.3, 0.4) is 0 Å². The topological polar surface area (TPSA) is 92.3 Å². The zero-order valence-corrected chi connectivity index (χ0v) is 15.5. The molecular formula is C19H21NO7. The lowest BCUT2D eigenvalue weighted by Gasteiger charge is -2.13. The van der Waals surface area contributed by atoms with Gasteiger partial charge in [0.05, 0.1) is 34.1 Å². The summed E-state index contributed by atoms with van der Waals surface area (Å²) in [5.74, 6) is 0.536. The van der Waals surface area contributed by atoms with Gasteiger partial charge in [-0.2, -0.15) is 0 Å². The van der Waals surface area contributed by atoms with Gasteiger partial charge in [0, 0.05) is 6.07 Å². The van der Waals surface area contributed by atoms with Gasteiger partial charge in [-0.1, -0.05) is 0 Å². The van der Waals surface area contributed by atoms with E-state index in [0.29, 0.717) is 28.7 Å². The van der Waals surface area contributed by atoms with E-state index in [0.717, 1.165) is 0 Å². The number of amides is 1. The summed E-state index contributed by atoms with van der Waals surface area (Å²) >= 11 is 0. The average molecular weight is 375 g/mol. The summed E-state index contributed by atoms with van der Waals surface area (Å²) < 4.78 is 25.6. The number of nitrogens with one attached hydrogen (secondary N) is 1. The van der Waals surface area contributed by atoms with Gasteiger partial charge >= 0.3 is 5.97 Å². The minimum absolute atomic E-state index is 0.156. The third kappa shape index (κ3) is 5.04. The molecule has 2 aromatic carbocycles. The largest absolute Gasteiger partial charge is 0.497 e. The molecule has 0 aliphatic heterocycles. The zero-order chi connectivity index (χ0) is 19.8. The normalized spacial score (nSPS) is 9.93. The molecule has 0 radical (unpaired) electrons. The predicted molar refractivity (Wildman–Crippen MR) is 98.0 cm³/mol. The second-order valence-electron chi connectivity index (χ2n) is 5.26. The number of ether oxygens (including phenoxy) is 5. The minimum Gasteiger partial charge on any atom is -0.497 e. The molecular weight excluding hydrogens is 354 g/mol. The van der Waals surface area contributed by atoms with E-state index in [4.69, 9.17) is 23.7 Å². The van der Waals surface area contributed by atoms with Crippen molar-refractivity contribution in [2.24, 2.45) is 0 Å². The summed E-state index contributed by atoms with van der Waals surface area (Å²) in [6.07, 6.45) is 0. The summed E-state index contributed by atoms with van der Waals surface area (Å²) in [4.78, 5) is 24.4. The fraction of sp³-hybridized carbons (Fsp3) is 0.263. The van der Waals surface area contributed by atoms with E-state index >= 15 is 0 Å². The van der Waals surface area contributed by atoms with Gasteiger partial charge in [-0.15, -0.1) is 0 Å². The van der Waals surface area contributed by atoms with Crippen molar-refractivity contribution in [1.82, 2.24) is 0 Å². The van der Waals surface area contributed by atoms with Crippen LogP contribution in [0.25, 0.3) is 0 Å². The van der Waals surface area contributed by atoms with Gasteiger partial charge in [-0.3, -0.25) is 4.79 Å². The number of benzene rings is 2. The number of carbonyl (C=O) groups is 2. The SMILES string of the molecule is COc1ccc(OC)c(NC(=O)COC(=O)c2cc(OC)ccc2OC)c1. The third-order valence-electron chi connectivity index (χ3n) is 3.64. The van der Waals surface area contributed by atoms with Crippen LogP contribution in [0.4, 0.5) is 5.69 Å². The summed E-state index contributed by atoms with van der Waals surface area (Å²) in [5, 5.41) is 2.62. The highest BCUT2D eigenvalue weighted by atomic mass is 16.5. The van der Waals surface area contributed by atoms with Gasteiger partial charge < -0.3 is 29.0 Å². The van der Waals surface area contributed by atoms with Crippen LogP contribution in [0.5, 0.6) is 23.0 Å². The molecule has 0 atom stereocenters. The summed E-state index contributed by atoms with van der Waals surface area (Å²) in [6.45, 7) is -0.487. The van der Waals surface area contributed by atoms with Crippen molar-refractivity contribution in [1.29, 1.82) is 0 Å². The highest BCUT2D eigenvalue weighted by molar-refractivity contribution is 5.97. The summed E-state index contributed by atoms with van der Waals surface area (Å²) in [7, 11) is 5.90. The Bertz CT molecular complexity index is 820. The lowest BCUT2D eigenvalue weighted by molar-refractivity contribution is -0.119. The first-order chi connectivity index (χ1) is 13.0. The van der Waals surface area contributed by atoms with E-state index in [9.17, 15) is 9.59 Å². The molecule has 0 aromatic heterocycles. The lowest BCUT2D eigenvalue weighted by atomic mass is 10.2. The molecule has 27 heavy (non-hydrogen) atoms. The lowest BCUT2D eigenvalue weighted by Crippen LogP contribution is -2.21. The molecule has 2 rings (SSSR count). The van der Waals surface area contributed by atoms with E-state index in [1.165, 1.54) is 34.5 Å². The van der Waals surface area contributed by atoms with Crippen LogP contribution >= 0.6 is 0 Å². The second kappa shape index (κ2) is 9.33. The second-order valence-corrected chi connectivity index (χ2v) is 5.26. The van der Waals surface area contributed by atoms with Crippen molar-refractivity contribution in [3.8, 4) is 23.0 Å². The molecule has 0 aliphatic rings. The van der Waals surface area contributed by atoms with Crippen LogP contribution in [-0.4, -0.2) is 46.9 Å². The standard InChI is InChI=1S/C19H21NO7/c1-23-12-5-7-16(25-3)14(9-12)19(22)27-11-18(21)20-15-10-13(24-2)6-8-17(15)26-4/h5-10H,11H2,1-4H3,(H,20,21). The molecule has 0 heterocycles. The molecule has 0 spiro atoms. The fourth-order valence-corrected chi connectivity index (χ4v) is 2.28. The number of anilines is 1. The maximum Gasteiger partial charge on any atom is 0.342 e. The number of hydrogen-bond donors (Lipinski definition) is 1. The maximum absolute atomic E-state index is 12.3. The molecule has 0 fully saturated rings. The van der Waals surface area contributed by atoms with E-state index in [2.05, 4.69) is 5.32 Å². The van der Waals surface area contributed by atoms with Crippen molar-refractivity contribution >= 4 is 17.6 Å². The van der Waals surface area contributed by atoms with Crippen molar-refractivity contribution in [2.75, 3.05) is 40.4 Å². The Hall–Kier alpha value is -3.42. The zero-order valence-electron chi connectivity index (χ0n) is 15.5. The van der Waals surface area contributed by atoms with E-state index < -0.39 is 18.5 Å². The van der Waals surface area contributed by atoms with Crippen LogP contribution in [0.15, 0.2) is 36.4 Å².